The van der Waals surface area contributed by atoms with Crippen LogP contribution in [-0.2, 0) is 0 Å². The maximum Gasteiger partial charge on any atom is 0.152 e. The molecule has 3 nitrogen and oxygen atoms in total. The van der Waals surface area contributed by atoms with Gasteiger partial charge >= 0.3 is 0 Å². The van der Waals surface area contributed by atoms with Crippen LogP contribution in [0.4, 0.5) is 5.69 Å². The summed E-state index contributed by atoms with van der Waals surface area (Å²) in [5.41, 5.74) is 6.83. The first-order chi connectivity index (χ1) is 6.24. The molecule has 70 valence electrons. The number of likely N-dealkylation sites (N-methyl/N-ethyl adjacent to an activating group) is 1. The Balaban J connectivity index is 2.73. The highest BCUT2D eigenvalue weighted by atomic mass is 35.5. The van der Waals surface area contributed by atoms with Crippen molar-refractivity contribution in [2.24, 2.45) is 0 Å². The molecule has 0 amide bonds. The lowest BCUT2D eigenvalue weighted by Gasteiger charge is -1.97. The van der Waals surface area contributed by atoms with Crippen LogP contribution in [0.1, 0.15) is 5.69 Å². The molecule has 0 unspecified atom stereocenters. The van der Waals surface area contributed by atoms with E-state index in [2.05, 4.69) is 10.3 Å². The topological polar surface area (TPSA) is 50.9 Å². The van der Waals surface area contributed by atoms with Crippen molar-refractivity contribution in [1.29, 1.82) is 0 Å². The van der Waals surface area contributed by atoms with Crippen molar-refractivity contribution >= 4 is 23.4 Å². The van der Waals surface area contributed by atoms with E-state index in [1.807, 2.05) is 25.3 Å². The second-order valence-electron chi connectivity index (χ2n) is 2.58. The third-order valence-electron chi connectivity index (χ3n) is 1.51. The van der Waals surface area contributed by atoms with E-state index in [1.54, 1.807) is 6.07 Å². The summed E-state index contributed by atoms with van der Waals surface area (Å²) >= 11 is 5.74. The quantitative estimate of drug-likeness (QED) is 0.723. The summed E-state index contributed by atoms with van der Waals surface area (Å²) in [6.45, 7) is 0.809. The Morgan fingerprint density at radius 3 is 3.00 bits per heavy atom. The van der Waals surface area contributed by atoms with E-state index in [4.69, 9.17) is 17.3 Å². The number of nitrogens with one attached hydrogen (secondary N) is 1. The fourth-order valence-corrected chi connectivity index (χ4v) is 1.01. The molecule has 0 atom stereocenters. The first kappa shape index (κ1) is 10.0. The number of rotatable bonds is 3. The molecule has 0 aromatic carbocycles. The van der Waals surface area contributed by atoms with Gasteiger partial charge in [0.1, 0.15) is 0 Å². The Bertz CT molecular complexity index is 310. The Hall–Kier alpha value is -1.06. The van der Waals surface area contributed by atoms with Crippen molar-refractivity contribution < 1.29 is 0 Å². The van der Waals surface area contributed by atoms with Gasteiger partial charge in [-0.2, -0.15) is 0 Å². The van der Waals surface area contributed by atoms with E-state index < -0.39 is 0 Å². The molecule has 0 saturated carbocycles. The zero-order valence-electron chi connectivity index (χ0n) is 7.42. The lowest BCUT2D eigenvalue weighted by atomic mass is 10.3. The Kier molecular flexibility index (Phi) is 3.73. The van der Waals surface area contributed by atoms with Gasteiger partial charge in [-0.25, -0.2) is 4.98 Å². The predicted molar refractivity (Wildman–Crippen MR) is 56.6 cm³/mol. The molecule has 0 saturated heterocycles. The van der Waals surface area contributed by atoms with Crippen molar-refractivity contribution in [3.63, 3.8) is 0 Å². The number of hydrogen-bond acceptors (Lipinski definition) is 3. The summed E-state index contributed by atoms with van der Waals surface area (Å²) in [5, 5.41) is 3.35. The Morgan fingerprint density at radius 1 is 1.62 bits per heavy atom. The first-order valence-electron chi connectivity index (χ1n) is 3.97. The van der Waals surface area contributed by atoms with Gasteiger partial charge in [-0.15, -0.1) is 0 Å². The molecule has 0 bridgehead atoms. The monoisotopic (exact) mass is 197 g/mol. The zero-order chi connectivity index (χ0) is 9.68. The second-order valence-corrected chi connectivity index (χ2v) is 2.93. The molecule has 1 heterocycles. The summed E-state index contributed by atoms with van der Waals surface area (Å²) in [7, 11) is 1.88. The van der Waals surface area contributed by atoms with Gasteiger partial charge in [0.2, 0.25) is 0 Å². The van der Waals surface area contributed by atoms with Gasteiger partial charge < -0.3 is 11.1 Å². The zero-order valence-corrected chi connectivity index (χ0v) is 8.17. The summed E-state index contributed by atoms with van der Waals surface area (Å²) in [5.74, 6) is 0. The molecule has 0 aliphatic rings. The van der Waals surface area contributed by atoms with Crippen molar-refractivity contribution in [2.45, 2.75) is 0 Å². The number of halogens is 1. The van der Waals surface area contributed by atoms with Crippen LogP contribution in [0.3, 0.4) is 0 Å². The number of nitrogens with zero attached hydrogens (tertiary/aromatic N) is 1. The van der Waals surface area contributed by atoms with Crippen molar-refractivity contribution in [2.75, 3.05) is 19.3 Å². The summed E-state index contributed by atoms with van der Waals surface area (Å²) in [6, 6.07) is 3.57. The van der Waals surface area contributed by atoms with Gasteiger partial charge in [0.05, 0.1) is 11.4 Å². The van der Waals surface area contributed by atoms with Crippen molar-refractivity contribution in [3.05, 3.63) is 29.1 Å². The van der Waals surface area contributed by atoms with Gasteiger partial charge in [-0.3, -0.25) is 0 Å². The van der Waals surface area contributed by atoms with Crippen LogP contribution in [0.2, 0.25) is 5.15 Å². The highest BCUT2D eigenvalue weighted by molar-refractivity contribution is 6.31. The number of anilines is 1. The van der Waals surface area contributed by atoms with Gasteiger partial charge in [0, 0.05) is 6.54 Å². The Morgan fingerprint density at radius 2 is 2.38 bits per heavy atom. The second kappa shape index (κ2) is 4.84. The molecule has 0 spiro atoms. The number of nitrogens with two attached hydrogens (primary N) is 1. The standard InChI is InChI=1S/C9H12ClN3/c1-12-6-2-3-7-4-5-8(11)9(10)13-7/h2-5,12H,6,11H2,1H3. The van der Waals surface area contributed by atoms with Gasteiger partial charge in [-0.05, 0) is 25.3 Å². The average Bonchev–Trinajstić information content (AvgIpc) is 2.12. The van der Waals surface area contributed by atoms with Crippen LogP contribution < -0.4 is 11.1 Å². The smallest absolute Gasteiger partial charge is 0.152 e. The minimum absolute atomic E-state index is 0.353. The van der Waals surface area contributed by atoms with E-state index in [0.29, 0.717) is 10.8 Å². The molecular weight excluding hydrogens is 186 g/mol. The molecule has 4 heteroatoms. The first-order valence-corrected chi connectivity index (χ1v) is 4.35. The molecular formula is C9H12ClN3. The van der Waals surface area contributed by atoms with E-state index in [9.17, 15) is 0 Å². The Labute approximate surface area is 82.6 Å². The third kappa shape index (κ3) is 3.05. The maximum absolute atomic E-state index is 5.74. The summed E-state index contributed by atoms with van der Waals surface area (Å²) in [6.07, 6.45) is 3.86. The number of pyridine rings is 1. The molecule has 3 N–H and O–H groups in total. The highest BCUT2D eigenvalue weighted by Gasteiger charge is 1.96. The third-order valence-corrected chi connectivity index (χ3v) is 1.81. The van der Waals surface area contributed by atoms with E-state index in [-0.39, 0.29) is 0 Å². The average molecular weight is 198 g/mol. The van der Waals surface area contributed by atoms with Crippen LogP contribution in [0.15, 0.2) is 18.2 Å². The fraction of sp³-hybridized carbons (Fsp3) is 0.222. The lowest BCUT2D eigenvalue weighted by Crippen LogP contribution is -2.03. The number of aromatic nitrogens is 1. The van der Waals surface area contributed by atoms with Gasteiger partial charge in [0.25, 0.3) is 0 Å². The largest absolute Gasteiger partial charge is 0.396 e. The number of nitrogen functional groups attached to an aromatic ring is 1. The van der Waals surface area contributed by atoms with Gasteiger partial charge in [0.15, 0.2) is 5.15 Å². The fourth-order valence-electron chi connectivity index (χ4n) is 0.849. The molecule has 0 aliphatic heterocycles. The highest BCUT2D eigenvalue weighted by Crippen LogP contribution is 2.15. The van der Waals surface area contributed by atoms with Crippen LogP contribution >= 0.6 is 11.6 Å². The summed E-state index contributed by atoms with van der Waals surface area (Å²) in [4.78, 5) is 4.07. The van der Waals surface area contributed by atoms with Crippen LogP contribution in [0.25, 0.3) is 6.08 Å². The van der Waals surface area contributed by atoms with Crippen LogP contribution in [0.5, 0.6) is 0 Å². The van der Waals surface area contributed by atoms with Crippen molar-refractivity contribution in [3.8, 4) is 0 Å². The van der Waals surface area contributed by atoms with Gasteiger partial charge in [-0.1, -0.05) is 17.7 Å². The molecule has 0 fully saturated rings. The summed E-state index contributed by atoms with van der Waals surface area (Å²) < 4.78 is 0. The molecule has 0 radical (unpaired) electrons. The number of hydrogen-bond donors (Lipinski definition) is 2. The van der Waals surface area contributed by atoms with E-state index >= 15 is 0 Å². The molecule has 13 heavy (non-hydrogen) atoms. The SMILES string of the molecule is CNCC=Cc1ccc(N)c(Cl)n1. The minimum atomic E-state index is 0.353. The van der Waals surface area contributed by atoms with Crippen LogP contribution in [0, 0.1) is 0 Å². The molecule has 1 rings (SSSR count). The maximum atomic E-state index is 5.74. The van der Waals surface area contributed by atoms with Crippen molar-refractivity contribution in [1.82, 2.24) is 10.3 Å². The molecule has 0 aliphatic carbocycles. The minimum Gasteiger partial charge on any atom is -0.396 e. The van der Waals surface area contributed by atoms with E-state index in [1.165, 1.54) is 0 Å². The normalized spacial score (nSPS) is 10.9. The predicted octanol–water partition coefficient (Wildman–Crippen LogP) is 1.55. The van der Waals surface area contributed by atoms with E-state index in [0.717, 1.165) is 12.2 Å². The molecule has 1 aromatic rings. The lowest BCUT2D eigenvalue weighted by molar-refractivity contribution is 0.922. The molecule has 1 aromatic heterocycles. The van der Waals surface area contributed by atoms with Crippen LogP contribution in [-0.4, -0.2) is 18.6 Å².